The van der Waals surface area contributed by atoms with E-state index in [2.05, 4.69) is 20.9 Å². The van der Waals surface area contributed by atoms with Crippen LogP contribution in [0.4, 0.5) is 5.69 Å². The zero-order valence-electron chi connectivity index (χ0n) is 7.38. The molecule has 76 valence electrons. The molecule has 6 heteroatoms. The van der Waals surface area contributed by atoms with Gasteiger partial charge in [-0.05, 0) is 0 Å². The molecule has 0 radical (unpaired) electrons. The Bertz CT molecular complexity index is 510. The Kier molecular flexibility index (Phi) is 2.51. The molecular formula is C9H5BrN2O3. The van der Waals surface area contributed by atoms with E-state index in [-0.39, 0.29) is 5.69 Å². The van der Waals surface area contributed by atoms with Gasteiger partial charge in [0.05, 0.1) is 4.92 Å². The fraction of sp³-hybridized carbons (Fsp3) is 0. The van der Waals surface area contributed by atoms with Gasteiger partial charge in [-0.3, -0.25) is 10.1 Å². The second-order valence-electron chi connectivity index (χ2n) is 2.79. The number of benzene rings is 1. The highest BCUT2D eigenvalue weighted by molar-refractivity contribution is 9.10. The molecule has 0 bridgehead atoms. The average Bonchev–Trinajstić information content (AvgIpc) is 2.65. The van der Waals surface area contributed by atoms with Gasteiger partial charge in [0.25, 0.3) is 10.5 Å². The van der Waals surface area contributed by atoms with E-state index in [1.165, 1.54) is 18.4 Å². The van der Waals surface area contributed by atoms with Gasteiger partial charge in [0, 0.05) is 33.6 Å². The highest BCUT2D eigenvalue weighted by atomic mass is 79.9. The SMILES string of the molecule is O=[N+]([O-])c1cccc(-c2coc(Br)n2)c1. The van der Waals surface area contributed by atoms with Crippen molar-refractivity contribution in [2.24, 2.45) is 0 Å². The fourth-order valence-corrected chi connectivity index (χ4v) is 1.45. The standard InChI is InChI=1S/C9H5BrN2O3/c10-9-11-8(5-15-9)6-2-1-3-7(4-6)12(13)14/h1-5H. The van der Waals surface area contributed by atoms with Crippen molar-refractivity contribution in [3.63, 3.8) is 0 Å². The molecule has 2 aromatic rings. The number of rotatable bonds is 2. The second kappa shape index (κ2) is 3.82. The minimum absolute atomic E-state index is 0.0339. The summed E-state index contributed by atoms with van der Waals surface area (Å²) in [5.74, 6) is 0. The van der Waals surface area contributed by atoms with Crippen LogP contribution in [-0.2, 0) is 0 Å². The predicted octanol–water partition coefficient (Wildman–Crippen LogP) is 3.01. The van der Waals surface area contributed by atoms with Gasteiger partial charge in [0.2, 0.25) is 0 Å². The zero-order valence-corrected chi connectivity index (χ0v) is 8.97. The van der Waals surface area contributed by atoms with Crippen molar-refractivity contribution < 1.29 is 9.34 Å². The van der Waals surface area contributed by atoms with Crippen LogP contribution >= 0.6 is 15.9 Å². The van der Waals surface area contributed by atoms with E-state index in [4.69, 9.17) is 4.42 Å². The molecule has 0 N–H and O–H groups in total. The van der Waals surface area contributed by atoms with Crippen molar-refractivity contribution in [2.75, 3.05) is 0 Å². The van der Waals surface area contributed by atoms with Crippen molar-refractivity contribution in [2.45, 2.75) is 0 Å². The molecule has 0 aliphatic heterocycles. The van der Waals surface area contributed by atoms with Crippen LogP contribution in [0.15, 0.2) is 39.7 Å². The quantitative estimate of drug-likeness (QED) is 0.620. The Morgan fingerprint density at radius 1 is 1.47 bits per heavy atom. The molecule has 0 atom stereocenters. The third kappa shape index (κ3) is 2.04. The molecule has 15 heavy (non-hydrogen) atoms. The Morgan fingerprint density at radius 2 is 2.27 bits per heavy atom. The largest absolute Gasteiger partial charge is 0.439 e. The summed E-state index contributed by atoms with van der Waals surface area (Å²) in [5, 5.41) is 10.5. The van der Waals surface area contributed by atoms with Crippen LogP contribution in [0.25, 0.3) is 11.3 Å². The van der Waals surface area contributed by atoms with E-state index in [1.807, 2.05) is 0 Å². The first-order valence-electron chi connectivity index (χ1n) is 4.02. The topological polar surface area (TPSA) is 69.2 Å². The highest BCUT2D eigenvalue weighted by Crippen LogP contribution is 2.24. The summed E-state index contributed by atoms with van der Waals surface area (Å²) in [6, 6.07) is 6.22. The molecule has 0 saturated heterocycles. The molecule has 1 aromatic carbocycles. The lowest BCUT2D eigenvalue weighted by molar-refractivity contribution is -0.384. The summed E-state index contributed by atoms with van der Waals surface area (Å²) in [6.45, 7) is 0. The lowest BCUT2D eigenvalue weighted by Gasteiger charge is -1.94. The van der Waals surface area contributed by atoms with Crippen LogP contribution < -0.4 is 0 Å². The number of oxazole rings is 1. The third-order valence-electron chi connectivity index (χ3n) is 1.83. The summed E-state index contributed by atoms with van der Waals surface area (Å²) in [7, 11) is 0. The fourth-order valence-electron chi connectivity index (χ4n) is 1.16. The number of non-ortho nitro benzene ring substituents is 1. The number of hydrogen-bond donors (Lipinski definition) is 0. The van der Waals surface area contributed by atoms with E-state index >= 15 is 0 Å². The van der Waals surface area contributed by atoms with Gasteiger partial charge in [-0.25, -0.2) is 4.98 Å². The lowest BCUT2D eigenvalue weighted by atomic mass is 10.1. The monoisotopic (exact) mass is 268 g/mol. The average molecular weight is 269 g/mol. The molecule has 0 unspecified atom stereocenters. The van der Waals surface area contributed by atoms with Crippen molar-refractivity contribution in [3.8, 4) is 11.3 Å². The van der Waals surface area contributed by atoms with Gasteiger partial charge in [0.15, 0.2) is 0 Å². The number of aromatic nitrogens is 1. The molecular weight excluding hydrogens is 264 g/mol. The number of hydrogen-bond acceptors (Lipinski definition) is 4. The van der Waals surface area contributed by atoms with Gasteiger partial charge in [-0.2, -0.15) is 0 Å². The summed E-state index contributed by atoms with van der Waals surface area (Å²) in [5.41, 5.74) is 1.25. The minimum atomic E-state index is -0.446. The molecule has 5 nitrogen and oxygen atoms in total. The Morgan fingerprint density at radius 3 is 2.87 bits per heavy atom. The number of nitrogens with zero attached hydrogens (tertiary/aromatic N) is 2. The van der Waals surface area contributed by atoms with E-state index in [9.17, 15) is 10.1 Å². The smallest absolute Gasteiger partial charge is 0.270 e. The second-order valence-corrected chi connectivity index (χ2v) is 3.47. The predicted molar refractivity (Wildman–Crippen MR) is 56.3 cm³/mol. The van der Waals surface area contributed by atoms with Crippen LogP contribution in [0.2, 0.25) is 0 Å². The summed E-state index contributed by atoms with van der Waals surface area (Å²) in [4.78, 5) is 14.5. The molecule has 0 aliphatic rings. The summed E-state index contributed by atoms with van der Waals surface area (Å²) in [6.07, 6.45) is 1.43. The van der Waals surface area contributed by atoms with Gasteiger partial charge in [-0.1, -0.05) is 12.1 Å². The van der Waals surface area contributed by atoms with Crippen LogP contribution in [0, 0.1) is 10.1 Å². The van der Waals surface area contributed by atoms with E-state index in [0.29, 0.717) is 16.1 Å². The molecule has 1 heterocycles. The van der Waals surface area contributed by atoms with Crippen LogP contribution in [0.3, 0.4) is 0 Å². The van der Waals surface area contributed by atoms with Crippen molar-refractivity contribution in [1.29, 1.82) is 0 Å². The van der Waals surface area contributed by atoms with Gasteiger partial charge in [-0.15, -0.1) is 0 Å². The molecule has 0 amide bonds. The maximum Gasteiger partial charge on any atom is 0.270 e. The molecule has 0 aliphatic carbocycles. The van der Waals surface area contributed by atoms with Gasteiger partial charge in [0.1, 0.15) is 12.0 Å². The van der Waals surface area contributed by atoms with Gasteiger partial charge < -0.3 is 4.42 Å². The highest BCUT2D eigenvalue weighted by Gasteiger charge is 2.09. The first-order chi connectivity index (χ1) is 7.16. The first kappa shape index (κ1) is 9.85. The van der Waals surface area contributed by atoms with E-state index < -0.39 is 4.92 Å². The maximum absolute atomic E-state index is 10.5. The maximum atomic E-state index is 10.5. The van der Waals surface area contributed by atoms with Crippen LogP contribution in [0.1, 0.15) is 0 Å². The normalized spacial score (nSPS) is 10.2. The van der Waals surface area contributed by atoms with Crippen molar-refractivity contribution in [3.05, 3.63) is 45.4 Å². The number of nitro groups is 1. The van der Waals surface area contributed by atoms with Gasteiger partial charge >= 0.3 is 0 Å². The Labute approximate surface area is 93.0 Å². The summed E-state index contributed by atoms with van der Waals surface area (Å²) < 4.78 is 4.95. The molecule has 0 spiro atoms. The Hall–Kier alpha value is -1.69. The first-order valence-corrected chi connectivity index (χ1v) is 4.82. The minimum Gasteiger partial charge on any atom is -0.439 e. The summed E-state index contributed by atoms with van der Waals surface area (Å²) >= 11 is 3.07. The van der Waals surface area contributed by atoms with E-state index in [0.717, 1.165) is 0 Å². The molecule has 0 fully saturated rings. The molecule has 0 saturated carbocycles. The lowest BCUT2D eigenvalue weighted by Crippen LogP contribution is -1.87. The van der Waals surface area contributed by atoms with Crippen LogP contribution in [0.5, 0.6) is 0 Å². The van der Waals surface area contributed by atoms with Crippen molar-refractivity contribution in [1.82, 2.24) is 4.98 Å². The van der Waals surface area contributed by atoms with Crippen molar-refractivity contribution >= 4 is 21.6 Å². The van der Waals surface area contributed by atoms with E-state index in [1.54, 1.807) is 12.1 Å². The number of halogens is 1. The third-order valence-corrected chi connectivity index (χ3v) is 2.19. The molecule has 2 rings (SSSR count). The Balaban J connectivity index is 2.45. The van der Waals surface area contributed by atoms with Crippen LogP contribution in [-0.4, -0.2) is 9.91 Å². The molecule has 1 aromatic heterocycles. The zero-order chi connectivity index (χ0) is 10.8. The number of nitro benzene ring substituents is 1.